The van der Waals surface area contributed by atoms with E-state index in [0.29, 0.717) is 10.7 Å². The minimum Gasteiger partial charge on any atom is -0.439 e. The van der Waals surface area contributed by atoms with Gasteiger partial charge in [-0.2, -0.15) is 18.4 Å². The predicted octanol–water partition coefficient (Wildman–Crippen LogP) is 4.24. The smallest absolute Gasteiger partial charge is 0.433 e. The van der Waals surface area contributed by atoms with Crippen LogP contribution in [0.25, 0.3) is 11.3 Å². The van der Waals surface area contributed by atoms with E-state index >= 15 is 0 Å². The van der Waals surface area contributed by atoms with Crippen LogP contribution in [0.1, 0.15) is 11.3 Å². The summed E-state index contributed by atoms with van der Waals surface area (Å²) >= 11 is 1.22. The van der Waals surface area contributed by atoms with Crippen LogP contribution in [0, 0.1) is 11.3 Å². The summed E-state index contributed by atoms with van der Waals surface area (Å²) in [6, 6.07) is 11.3. The number of rotatable bonds is 4. The fourth-order valence-electron chi connectivity index (χ4n) is 2.29. The number of benzene rings is 1. The van der Waals surface area contributed by atoms with Gasteiger partial charge < -0.3 is 9.72 Å². The van der Waals surface area contributed by atoms with E-state index < -0.39 is 17.4 Å². The van der Waals surface area contributed by atoms with Gasteiger partial charge in [-0.3, -0.25) is 4.79 Å². The van der Waals surface area contributed by atoms with Crippen LogP contribution in [0.3, 0.4) is 0 Å². The van der Waals surface area contributed by atoms with Gasteiger partial charge in [0.05, 0.1) is 5.69 Å². The Balaban J connectivity index is 1.91. The quantitative estimate of drug-likeness (QED) is 0.517. The van der Waals surface area contributed by atoms with Crippen molar-refractivity contribution in [1.82, 2.24) is 15.0 Å². The summed E-state index contributed by atoms with van der Waals surface area (Å²) < 4.78 is 43.6. The summed E-state index contributed by atoms with van der Waals surface area (Å²) in [5.74, 6) is 0.0308. The third kappa shape index (κ3) is 4.15. The molecule has 0 aliphatic rings. The van der Waals surface area contributed by atoms with Crippen molar-refractivity contribution in [3.05, 3.63) is 64.1 Å². The van der Waals surface area contributed by atoms with Crippen molar-refractivity contribution in [2.75, 3.05) is 6.26 Å². The van der Waals surface area contributed by atoms with Crippen molar-refractivity contribution in [1.29, 1.82) is 5.26 Å². The highest BCUT2D eigenvalue weighted by molar-refractivity contribution is 7.98. The molecular weight excluding hydrogens is 393 g/mol. The van der Waals surface area contributed by atoms with E-state index in [1.165, 1.54) is 36.0 Å². The lowest BCUT2D eigenvalue weighted by atomic mass is 10.1. The Morgan fingerprint density at radius 2 is 1.86 bits per heavy atom. The summed E-state index contributed by atoms with van der Waals surface area (Å²) in [7, 11) is 0. The molecule has 0 bridgehead atoms. The van der Waals surface area contributed by atoms with Gasteiger partial charge in [-0.15, -0.1) is 0 Å². The number of hydrogen-bond donors (Lipinski definition) is 1. The zero-order chi connectivity index (χ0) is 20.3. The monoisotopic (exact) mass is 404 g/mol. The van der Waals surface area contributed by atoms with Crippen molar-refractivity contribution in [2.24, 2.45) is 0 Å². The second-order valence-electron chi connectivity index (χ2n) is 5.40. The molecule has 142 valence electrons. The molecule has 1 aromatic carbocycles. The number of alkyl halides is 3. The van der Waals surface area contributed by atoms with Crippen LogP contribution >= 0.6 is 11.8 Å². The van der Waals surface area contributed by atoms with Crippen LogP contribution in [0.15, 0.2) is 52.4 Å². The van der Waals surface area contributed by atoms with Crippen LogP contribution in [0.5, 0.6) is 11.6 Å². The first kappa shape index (κ1) is 19.4. The van der Waals surface area contributed by atoms with Gasteiger partial charge >= 0.3 is 6.18 Å². The average Bonchev–Trinajstić information content (AvgIpc) is 2.67. The molecule has 2 aromatic heterocycles. The number of hydrogen-bond acceptors (Lipinski definition) is 6. The summed E-state index contributed by atoms with van der Waals surface area (Å²) in [6.07, 6.45) is -2.84. The number of H-pyrrole nitrogens is 1. The first-order valence-corrected chi connectivity index (χ1v) is 8.95. The molecule has 28 heavy (non-hydrogen) atoms. The van der Waals surface area contributed by atoms with Crippen molar-refractivity contribution in [3.8, 4) is 29.0 Å². The van der Waals surface area contributed by atoms with Crippen LogP contribution < -0.4 is 10.3 Å². The van der Waals surface area contributed by atoms with Gasteiger partial charge in [-0.25, -0.2) is 9.97 Å². The van der Waals surface area contributed by atoms with Crippen molar-refractivity contribution >= 4 is 11.8 Å². The predicted molar refractivity (Wildman–Crippen MR) is 96.1 cm³/mol. The average molecular weight is 404 g/mol. The molecule has 2 heterocycles. The first-order valence-electron chi connectivity index (χ1n) is 7.73. The summed E-state index contributed by atoms with van der Waals surface area (Å²) in [5.41, 5.74) is -1.05. The first-order chi connectivity index (χ1) is 13.3. The van der Waals surface area contributed by atoms with E-state index in [-0.39, 0.29) is 22.9 Å². The fraction of sp³-hybridized carbons (Fsp3) is 0.111. The maximum atomic E-state index is 12.7. The highest BCUT2D eigenvalue weighted by atomic mass is 32.2. The number of nitrogens with zero attached hydrogens (tertiary/aromatic N) is 3. The summed E-state index contributed by atoms with van der Waals surface area (Å²) in [4.78, 5) is 22.2. The molecule has 0 spiro atoms. The van der Waals surface area contributed by atoms with Crippen LogP contribution in [-0.4, -0.2) is 21.2 Å². The maximum absolute atomic E-state index is 12.7. The number of aromatic nitrogens is 3. The van der Waals surface area contributed by atoms with Gasteiger partial charge in [0.2, 0.25) is 5.88 Å². The zero-order valence-electron chi connectivity index (χ0n) is 14.2. The van der Waals surface area contributed by atoms with Crippen LogP contribution in [0.2, 0.25) is 0 Å². The molecule has 0 aliphatic heterocycles. The Bertz CT molecular complexity index is 1110. The van der Waals surface area contributed by atoms with Gasteiger partial charge in [-0.05, 0) is 36.6 Å². The Labute approximate surface area is 161 Å². The molecule has 0 saturated carbocycles. The summed E-state index contributed by atoms with van der Waals surface area (Å²) in [6.45, 7) is 0. The lowest BCUT2D eigenvalue weighted by Gasteiger charge is -2.09. The minimum atomic E-state index is -4.57. The molecule has 1 N–H and O–H groups in total. The van der Waals surface area contributed by atoms with Crippen LogP contribution in [-0.2, 0) is 6.18 Å². The number of pyridine rings is 1. The molecule has 0 saturated heterocycles. The minimum absolute atomic E-state index is 0.133. The maximum Gasteiger partial charge on any atom is 0.433 e. The highest BCUT2D eigenvalue weighted by Gasteiger charge is 2.32. The number of halogens is 3. The third-order valence-electron chi connectivity index (χ3n) is 3.57. The molecule has 0 amide bonds. The van der Waals surface area contributed by atoms with Gasteiger partial charge in [0, 0.05) is 11.6 Å². The Morgan fingerprint density at radius 3 is 2.46 bits per heavy atom. The molecular formula is C18H11F3N4O2S. The largest absolute Gasteiger partial charge is 0.439 e. The van der Waals surface area contributed by atoms with E-state index in [1.54, 1.807) is 18.4 Å². The van der Waals surface area contributed by atoms with E-state index in [2.05, 4.69) is 15.0 Å². The molecule has 0 aliphatic carbocycles. The second-order valence-corrected chi connectivity index (χ2v) is 6.19. The van der Waals surface area contributed by atoms with Gasteiger partial charge in [0.1, 0.15) is 23.1 Å². The molecule has 6 nitrogen and oxygen atoms in total. The van der Waals surface area contributed by atoms with E-state index in [4.69, 9.17) is 4.74 Å². The molecule has 3 aromatic rings. The number of thioether (sulfide) groups is 1. The molecule has 0 unspecified atom stereocenters. The summed E-state index contributed by atoms with van der Waals surface area (Å²) in [5, 5.41) is 9.58. The normalized spacial score (nSPS) is 11.1. The van der Waals surface area contributed by atoms with Gasteiger partial charge in [0.15, 0.2) is 5.16 Å². The van der Waals surface area contributed by atoms with E-state index in [1.807, 2.05) is 6.07 Å². The standard InChI is InChI=1S/C18H11F3N4O2S/c1-28-17-24-15(12(9-22)16(26)25-17)10-5-7-11(8-6-10)27-14-4-2-3-13(23-14)18(19,20)21/h2-8H,1H3,(H,24,25,26). The molecule has 0 atom stereocenters. The fourth-order valence-corrected chi connectivity index (χ4v) is 2.67. The van der Waals surface area contributed by atoms with Crippen molar-refractivity contribution in [3.63, 3.8) is 0 Å². The lowest BCUT2D eigenvalue weighted by molar-refractivity contribution is -0.141. The molecule has 3 rings (SSSR count). The number of nitrogens with one attached hydrogen (secondary N) is 1. The molecule has 0 fully saturated rings. The van der Waals surface area contributed by atoms with Crippen molar-refractivity contribution in [2.45, 2.75) is 11.3 Å². The van der Waals surface area contributed by atoms with Crippen molar-refractivity contribution < 1.29 is 17.9 Å². The number of ether oxygens (including phenoxy) is 1. The third-order valence-corrected chi connectivity index (χ3v) is 4.15. The molecule has 0 radical (unpaired) electrons. The highest BCUT2D eigenvalue weighted by Crippen LogP contribution is 2.30. The molecule has 10 heteroatoms. The van der Waals surface area contributed by atoms with E-state index in [0.717, 1.165) is 6.07 Å². The number of aromatic amines is 1. The Hall–Kier alpha value is -3.32. The van der Waals surface area contributed by atoms with Gasteiger partial charge in [0.25, 0.3) is 5.56 Å². The Morgan fingerprint density at radius 1 is 1.14 bits per heavy atom. The SMILES string of the molecule is CSc1nc(-c2ccc(Oc3cccc(C(F)(F)F)n3)cc2)c(C#N)c(=O)[nH]1. The topological polar surface area (TPSA) is 91.7 Å². The van der Waals surface area contributed by atoms with Gasteiger partial charge in [-0.1, -0.05) is 17.8 Å². The zero-order valence-corrected chi connectivity index (χ0v) is 15.1. The second kappa shape index (κ2) is 7.74. The Kier molecular flexibility index (Phi) is 5.37. The lowest BCUT2D eigenvalue weighted by Crippen LogP contribution is -2.14. The van der Waals surface area contributed by atoms with Crippen LogP contribution in [0.4, 0.5) is 13.2 Å². The van der Waals surface area contributed by atoms with E-state index in [9.17, 15) is 23.2 Å². The number of nitriles is 1.